The molecule has 1 aromatic rings. The van der Waals surface area contributed by atoms with Gasteiger partial charge in [-0.15, -0.1) is 0 Å². The van der Waals surface area contributed by atoms with Crippen LogP contribution in [0, 0.1) is 0 Å². The Hall–Kier alpha value is -1.89. The SMILES string of the molecule is C=C/C=C\C(C)=C\c1ccccc1N=CC. The monoisotopic (exact) mass is 211 g/mol. The highest BCUT2D eigenvalue weighted by Crippen LogP contribution is 2.21. The normalized spacial score (nSPS) is 12.5. The van der Waals surface area contributed by atoms with Crippen molar-refractivity contribution in [2.24, 2.45) is 4.99 Å². The zero-order chi connectivity index (χ0) is 11.8. The zero-order valence-electron chi connectivity index (χ0n) is 9.85. The van der Waals surface area contributed by atoms with Crippen LogP contribution in [-0.2, 0) is 0 Å². The van der Waals surface area contributed by atoms with Gasteiger partial charge in [0, 0.05) is 11.8 Å². The molecule has 1 heteroatoms. The maximum absolute atomic E-state index is 4.33. The van der Waals surface area contributed by atoms with E-state index in [1.165, 1.54) is 5.57 Å². The lowest BCUT2D eigenvalue weighted by molar-refractivity contribution is 1.48. The van der Waals surface area contributed by atoms with Crippen LogP contribution in [0.1, 0.15) is 19.4 Å². The molecule has 82 valence electrons. The molecule has 1 rings (SSSR count). The summed E-state index contributed by atoms with van der Waals surface area (Å²) < 4.78 is 0. The van der Waals surface area contributed by atoms with E-state index in [9.17, 15) is 0 Å². The van der Waals surface area contributed by atoms with E-state index in [4.69, 9.17) is 0 Å². The van der Waals surface area contributed by atoms with Crippen LogP contribution in [0.4, 0.5) is 5.69 Å². The molecule has 0 aliphatic heterocycles. The summed E-state index contributed by atoms with van der Waals surface area (Å²) in [7, 11) is 0. The van der Waals surface area contributed by atoms with Crippen LogP contribution in [-0.4, -0.2) is 6.21 Å². The van der Waals surface area contributed by atoms with Crippen molar-refractivity contribution in [3.05, 3.63) is 60.2 Å². The van der Waals surface area contributed by atoms with Crippen molar-refractivity contribution in [2.75, 3.05) is 0 Å². The van der Waals surface area contributed by atoms with Gasteiger partial charge < -0.3 is 0 Å². The number of nitrogens with zero attached hydrogens (tertiary/aromatic N) is 1. The molecular formula is C15H17N. The lowest BCUT2D eigenvalue weighted by Gasteiger charge is -2.00. The molecule has 1 nitrogen and oxygen atoms in total. The second-order valence-electron chi connectivity index (χ2n) is 3.43. The molecule has 0 aromatic heterocycles. The quantitative estimate of drug-likeness (QED) is 0.511. The van der Waals surface area contributed by atoms with E-state index in [0.29, 0.717) is 0 Å². The Kier molecular flexibility index (Phi) is 5.00. The van der Waals surface area contributed by atoms with Crippen molar-refractivity contribution in [3.63, 3.8) is 0 Å². The molecule has 0 aliphatic rings. The molecule has 0 saturated heterocycles. The summed E-state index contributed by atoms with van der Waals surface area (Å²) in [6, 6.07) is 8.09. The largest absolute Gasteiger partial charge is 0.261 e. The molecule has 0 unspecified atom stereocenters. The van der Waals surface area contributed by atoms with Gasteiger partial charge in [0.1, 0.15) is 0 Å². The minimum Gasteiger partial charge on any atom is -0.261 e. The van der Waals surface area contributed by atoms with E-state index in [-0.39, 0.29) is 0 Å². The standard InChI is InChI=1S/C15H17N/c1-4-6-9-13(3)12-14-10-7-8-11-15(14)16-5-2/h4-12H,1H2,2-3H3/b9-6-,13-12+,16-5?. The number of para-hydroxylation sites is 1. The number of aliphatic imine (C=N–C) groups is 1. The predicted octanol–water partition coefficient (Wildman–Crippen LogP) is 4.55. The first-order chi connectivity index (χ1) is 7.77. The van der Waals surface area contributed by atoms with Crippen LogP contribution < -0.4 is 0 Å². The summed E-state index contributed by atoms with van der Waals surface area (Å²) in [5.74, 6) is 0. The van der Waals surface area contributed by atoms with Gasteiger partial charge in [0.2, 0.25) is 0 Å². The fourth-order valence-corrected chi connectivity index (χ4v) is 1.38. The van der Waals surface area contributed by atoms with E-state index < -0.39 is 0 Å². The smallest absolute Gasteiger partial charge is 0.0697 e. The third kappa shape index (κ3) is 3.70. The first kappa shape index (κ1) is 12.2. The van der Waals surface area contributed by atoms with Gasteiger partial charge in [-0.2, -0.15) is 0 Å². The van der Waals surface area contributed by atoms with Crippen molar-refractivity contribution >= 4 is 18.0 Å². The van der Waals surface area contributed by atoms with Gasteiger partial charge in [0.05, 0.1) is 5.69 Å². The zero-order valence-corrected chi connectivity index (χ0v) is 9.85. The molecule has 0 N–H and O–H groups in total. The molecule has 0 amide bonds. The average Bonchev–Trinajstić information content (AvgIpc) is 2.29. The third-order valence-electron chi connectivity index (χ3n) is 2.08. The minimum absolute atomic E-state index is 0.997. The van der Waals surface area contributed by atoms with Gasteiger partial charge >= 0.3 is 0 Å². The molecule has 0 fully saturated rings. The van der Waals surface area contributed by atoms with Crippen LogP contribution in [0.3, 0.4) is 0 Å². The topological polar surface area (TPSA) is 12.4 Å². The van der Waals surface area contributed by atoms with E-state index in [0.717, 1.165) is 11.3 Å². The Morgan fingerprint density at radius 2 is 2.06 bits per heavy atom. The van der Waals surface area contributed by atoms with Crippen molar-refractivity contribution in [1.29, 1.82) is 0 Å². The maximum Gasteiger partial charge on any atom is 0.0697 e. The van der Waals surface area contributed by atoms with Crippen LogP contribution in [0.2, 0.25) is 0 Å². The van der Waals surface area contributed by atoms with Gasteiger partial charge in [0.25, 0.3) is 0 Å². The summed E-state index contributed by atoms with van der Waals surface area (Å²) in [4.78, 5) is 4.33. The van der Waals surface area contributed by atoms with E-state index in [2.05, 4.69) is 30.6 Å². The number of hydrogen-bond acceptors (Lipinski definition) is 1. The molecule has 0 bridgehead atoms. The molecule has 0 radical (unpaired) electrons. The van der Waals surface area contributed by atoms with Gasteiger partial charge in [-0.05, 0) is 26.0 Å². The second kappa shape index (κ2) is 6.57. The fraction of sp³-hybridized carbons (Fsp3) is 0.133. The van der Waals surface area contributed by atoms with Crippen molar-refractivity contribution in [2.45, 2.75) is 13.8 Å². The highest BCUT2D eigenvalue weighted by Gasteiger charge is 1.95. The molecular weight excluding hydrogens is 194 g/mol. The highest BCUT2D eigenvalue weighted by atomic mass is 14.7. The minimum atomic E-state index is 0.997. The Labute approximate surface area is 97.5 Å². The molecule has 0 heterocycles. The van der Waals surface area contributed by atoms with E-state index >= 15 is 0 Å². The Balaban J connectivity index is 3.04. The van der Waals surface area contributed by atoms with Gasteiger partial charge in [-0.3, -0.25) is 4.99 Å². The number of allylic oxidation sites excluding steroid dienone is 4. The predicted molar refractivity (Wildman–Crippen MR) is 73.3 cm³/mol. The van der Waals surface area contributed by atoms with Gasteiger partial charge in [-0.1, -0.05) is 48.6 Å². The van der Waals surface area contributed by atoms with Crippen LogP contribution in [0.5, 0.6) is 0 Å². The number of hydrogen-bond donors (Lipinski definition) is 0. The molecule has 0 aliphatic carbocycles. The average molecular weight is 211 g/mol. The second-order valence-corrected chi connectivity index (χ2v) is 3.43. The third-order valence-corrected chi connectivity index (χ3v) is 2.08. The molecule has 0 spiro atoms. The van der Waals surface area contributed by atoms with Crippen LogP contribution in [0.15, 0.2) is 59.6 Å². The Morgan fingerprint density at radius 3 is 2.75 bits per heavy atom. The molecule has 16 heavy (non-hydrogen) atoms. The fourth-order valence-electron chi connectivity index (χ4n) is 1.38. The summed E-state index contributed by atoms with van der Waals surface area (Å²) in [5.41, 5.74) is 3.31. The first-order valence-electron chi connectivity index (χ1n) is 5.33. The van der Waals surface area contributed by atoms with Crippen LogP contribution >= 0.6 is 0 Å². The van der Waals surface area contributed by atoms with Gasteiger partial charge in [-0.25, -0.2) is 0 Å². The molecule has 0 saturated carbocycles. The lowest BCUT2D eigenvalue weighted by atomic mass is 10.1. The molecule has 1 aromatic carbocycles. The van der Waals surface area contributed by atoms with E-state index in [1.807, 2.05) is 43.5 Å². The summed E-state index contributed by atoms with van der Waals surface area (Å²) in [5, 5.41) is 0. The number of benzene rings is 1. The summed E-state index contributed by atoms with van der Waals surface area (Å²) in [6.07, 6.45) is 9.65. The lowest BCUT2D eigenvalue weighted by Crippen LogP contribution is -1.76. The highest BCUT2D eigenvalue weighted by molar-refractivity contribution is 5.71. The van der Waals surface area contributed by atoms with Gasteiger partial charge in [0.15, 0.2) is 0 Å². The van der Waals surface area contributed by atoms with Crippen molar-refractivity contribution < 1.29 is 0 Å². The maximum atomic E-state index is 4.33. The Morgan fingerprint density at radius 1 is 1.31 bits per heavy atom. The van der Waals surface area contributed by atoms with Crippen LogP contribution in [0.25, 0.3) is 6.08 Å². The van der Waals surface area contributed by atoms with Crippen molar-refractivity contribution in [1.82, 2.24) is 0 Å². The Bertz CT molecular complexity index is 437. The van der Waals surface area contributed by atoms with E-state index in [1.54, 1.807) is 6.08 Å². The summed E-state index contributed by atoms with van der Waals surface area (Å²) in [6.45, 7) is 7.63. The number of rotatable bonds is 4. The van der Waals surface area contributed by atoms with Crippen molar-refractivity contribution in [3.8, 4) is 0 Å². The first-order valence-corrected chi connectivity index (χ1v) is 5.33. The summed E-state index contributed by atoms with van der Waals surface area (Å²) >= 11 is 0. The molecule has 0 atom stereocenters.